The Balaban J connectivity index is 1.31. The molecule has 178 valence electrons. The number of amides is 1. The second-order valence-corrected chi connectivity index (χ2v) is 7.81. The molecule has 11 heteroatoms. The number of nitrogens with zero attached hydrogens (tertiary/aromatic N) is 3. The summed E-state index contributed by atoms with van der Waals surface area (Å²) in [5.74, 6) is -0.354. The van der Waals surface area contributed by atoms with Crippen molar-refractivity contribution in [3.63, 3.8) is 0 Å². The molecule has 4 rings (SSSR count). The Hall–Kier alpha value is -3.57. The number of H-pyrrole nitrogens is 1. The number of rotatable bonds is 7. The minimum atomic E-state index is -3.89. The number of anilines is 1. The van der Waals surface area contributed by atoms with Gasteiger partial charge in [-0.3, -0.25) is 24.5 Å². The number of hydrogen-bond donors (Lipinski definition) is 2. The third-order valence-corrected chi connectivity index (χ3v) is 5.13. The van der Waals surface area contributed by atoms with E-state index in [1.807, 2.05) is 6.07 Å². The van der Waals surface area contributed by atoms with Gasteiger partial charge in [-0.25, -0.2) is 0 Å². The first-order valence-electron chi connectivity index (χ1n) is 10.4. The van der Waals surface area contributed by atoms with Gasteiger partial charge in [0.1, 0.15) is 0 Å². The molecule has 2 N–H and O–H groups in total. The number of carbonyl (C=O) groups is 1. The van der Waals surface area contributed by atoms with Crippen molar-refractivity contribution in [3.05, 3.63) is 72.3 Å². The van der Waals surface area contributed by atoms with Gasteiger partial charge in [0.15, 0.2) is 0 Å². The number of halogens is 4. The fourth-order valence-electron chi connectivity index (χ4n) is 3.61. The summed E-state index contributed by atoms with van der Waals surface area (Å²) in [4.78, 5) is 17.4. The van der Waals surface area contributed by atoms with Gasteiger partial charge in [-0.2, -0.15) is 22.7 Å². The van der Waals surface area contributed by atoms with E-state index in [1.165, 1.54) is 6.08 Å². The third kappa shape index (κ3) is 6.27. The molecule has 1 aliphatic rings. The first-order valence-corrected chi connectivity index (χ1v) is 10.4. The monoisotopic (exact) mass is 475 g/mol. The number of morpholine rings is 1. The highest BCUT2D eigenvalue weighted by Gasteiger charge is 2.51. The number of nitrogens with one attached hydrogen (secondary N) is 2. The fraction of sp³-hybridized carbons (Fsp3) is 0.261. The van der Waals surface area contributed by atoms with Crippen LogP contribution < -0.4 is 5.32 Å². The van der Waals surface area contributed by atoms with Crippen molar-refractivity contribution < 1.29 is 27.1 Å². The van der Waals surface area contributed by atoms with E-state index in [0.29, 0.717) is 5.69 Å². The fourth-order valence-corrected chi connectivity index (χ4v) is 3.61. The van der Waals surface area contributed by atoms with Crippen LogP contribution in [-0.2, 0) is 16.0 Å². The van der Waals surface area contributed by atoms with Crippen LogP contribution in [0.4, 0.5) is 23.2 Å². The van der Waals surface area contributed by atoms with Gasteiger partial charge in [-0.05, 0) is 41.8 Å². The van der Waals surface area contributed by atoms with Gasteiger partial charge in [0.05, 0.1) is 19.3 Å². The first kappa shape index (κ1) is 23.6. The summed E-state index contributed by atoms with van der Waals surface area (Å²) < 4.78 is 56.8. The molecule has 1 aromatic carbocycles. The van der Waals surface area contributed by atoms with Crippen molar-refractivity contribution in [2.75, 3.05) is 25.0 Å². The Bertz CT molecular complexity index is 1130. The van der Waals surface area contributed by atoms with Gasteiger partial charge in [-0.1, -0.05) is 12.1 Å². The molecule has 2 aromatic heterocycles. The SMILES string of the molecule is O=C(/C=C/c1cnccc1-c1cn[nH]c1)Nc1ccc(CCN2CC(F)(F)OC(F)(F)C2)cc1. The number of aromatic amines is 1. The van der Waals surface area contributed by atoms with Crippen molar-refractivity contribution in [1.29, 1.82) is 0 Å². The van der Waals surface area contributed by atoms with Crippen LogP contribution in [0.2, 0.25) is 0 Å². The van der Waals surface area contributed by atoms with E-state index in [2.05, 4.69) is 25.2 Å². The molecule has 0 radical (unpaired) electrons. The molecular formula is C23H21F4N5O2. The topological polar surface area (TPSA) is 83.1 Å². The average Bonchev–Trinajstić information content (AvgIpc) is 3.30. The lowest BCUT2D eigenvalue weighted by atomic mass is 10.0. The molecule has 0 bridgehead atoms. The average molecular weight is 475 g/mol. The van der Waals surface area contributed by atoms with E-state index in [9.17, 15) is 22.4 Å². The van der Waals surface area contributed by atoms with Crippen LogP contribution in [0.3, 0.4) is 0 Å². The smallest absolute Gasteiger partial charge is 0.323 e. The van der Waals surface area contributed by atoms with Gasteiger partial charge in [0.25, 0.3) is 0 Å². The zero-order valence-electron chi connectivity index (χ0n) is 17.8. The van der Waals surface area contributed by atoms with Crippen LogP contribution in [0, 0.1) is 0 Å². The normalized spacial score (nSPS) is 17.6. The van der Waals surface area contributed by atoms with Crippen molar-refractivity contribution >= 4 is 17.7 Å². The summed E-state index contributed by atoms with van der Waals surface area (Å²) in [5, 5.41) is 9.40. The number of benzene rings is 1. The largest absolute Gasteiger partial charge is 0.372 e. The maximum absolute atomic E-state index is 13.3. The van der Waals surface area contributed by atoms with E-state index in [-0.39, 0.29) is 18.9 Å². The van der Waals surface area contributed by atoms with Crippen molar-refractivity contribution in [2.24, 2.45) is 0 Å². The summed E-state index contributed by atoms with van der Waals surface area (Å²) in [6.07, 6.45) is 2.24. The zero-order valence-corrected chi connectivity index (χ0v) is 17.8. The van der Waals surface area contributed by atoms with Crippen LogP contribution in [0.1, 0.15) is 11.1 Å². The number of pyridine rings is 1. The Morgan fingerprint density at radius 3 is 2.53 bits per heavy atom. The second kappa shape index (κ2) is 9.74. The van der Waals surface area contributed by atoms with Crippen molar-refractivity contribution in [1.82, 2.24) is 20.1 Å². The minimum Gasteiger partial charge on any atom is -0.323 e. The molecule has 1 fully saturated rings. The van der Waals surface area contributed by atoms with Gasteiger partial charge >= 0.3 is 12.2 Å². The predicted octanol–water partition coefficient (Wildman–Crippen LogP) is 4.18. The molecule has 1 amide bonds. The molecule has 34 heavy (non-hydrogen) atoms. The minimum absolute atomic E-state index is 0.0209. The highest BCUT2D eigenvalue weighted by atomic mass is 19.3. The second-order valence-electron chi connectivity index (χ2n) is 7.81. The predicted molar refractivity (Wildman–Crippen MR) is 117 cm³/mol. The van der Waals surface area contributed by atoms with Gasteiger partial charge in [-0.15, -0.1) is 0 Å². The van der Waals surface area contributed by atoms with E-state index >= 15 is 0 Å². The van der Waals surface area contributed by atoms with E-state index < -0.39 is 25.3 Å². The maximum atomic E-state index is 13.3. The quantitative estimate of drug-likeness (QED) is 0.396. The van der Waals surface area contributed by atoms with Crippen LogP contribution in [0.5, 0.6) is 0 Å². The molecule has 0 atom stereocenters. The molecule has 7 nitrogen and oxygen atoms in total. The maximum Gasteiger partial charge on any atom is 0.372 e. The Morgan fingerprint density at radius 1 is 1.12 bits per heavy atom. The molecule has 1 saturated heterocycles. The van der Waals surface area contributed by atoms with Crippen LogP contribution >= 0.6 is 0 Å². The highest BCUT2D eigenvalue weighted by Crippen LogP contribution is 2.33. The number of ether oxygens (including phenoxy) is 1. The van der Waals surface area contributed by atoms with E-state index in [0.717, 1.165) is 27.2 Å². The van der Waals surface area contributed by atoms with Gasteiger partial charge in [0.2, 0.25) is 5.91 Å². The standard InChI is InChI=1S/C23H21F4N5O2/c24-22(25)14-32(15-23(26,27)34-22)10-8-16-1-4-19(5-2-16)31-21(33)6-3-17-11-28-9-7-20(17)18-12-29-30-13-18/h1-7,9,11-13H,8,10,14-15H2,(H,29,30)(H,31,33)/b6-3+. The number of alkyl halides is 4. The molecule has 0 saturated carbocycles. The van der Waals surface area contributed by atoms with Crippen LogP contribution in [-0.4, -0.2) is 57.8 Å². The molecule has 3 aromatic rings. The molecule has 0 spiro atoms. The number of hydrogen-bond acceptors (Lipinski definition) is 5. The van der Waals surface area contributed by atoms with Gasteiger partial charge < -0.3 is 5.32 Å². The van der Waals surface area contributed by atoms with Crippen molar-refractivity contribution in [3.8, 4) is 11.1 Å². The lowest BCUT2D eigenvalue weighted by Crippen LogP contribution is -2.55. The Morgan fingerprint density at radius 2 is 1.85 bits per heavy atom. The highest BCUT2D eigenvalue weighted by molar-refractivity contribution is 6.02. The van der Waals surface area contributed by atoms with Crippen LogP contribution in [0.15, 0.2) is 61.2 Å². The van der Waals surface area contributed by atoms with E-state index in [4.69, 9.17) is 0 Å². The lowest BCUT2D eigenvalue weighted by Gasteiger charge is -2.36. The summed E-state index contributed by atoms with van der Waals surface area (Å²) in [5.41, 5.74) is 3.76. The molecule has 1 aliphatic heterocycles. The number of aromatic nitrogens is 3. The lowest BCUT2D eigenvalue weighted by molar-refractivity contribution is -0.404. The molecule has 0 aliphatic carbocycles. The molecular weight excluding hydrogens is 454 g/mol. The van der Waals surface area contributed by atoms with E-state index in [1.54, 1.807) is 55.1 Å². The number of carbonyl (C=O) groups excluding carboxylic acids is 1. The Labute approximate surface area is 192 Å². The summed E-state index contributed by atoms with van der Waals surface area (Å²) in [6.45, 7) is -1.75. The van der Waals surface area contributed by atoms with Crippen molar-refractivity contribution in [2.45, 2.75) is 18.6 Å². The zero-order chi connectivity index (χ0) is 24.2. The first-order chi connectivity index (χ1) is 16.2. The molecule has 0 unspecified atom stereocenters. The summed E-state index contributed by atoms with van der Waals surface area (Å²) in [6, 6.07) is 8.54. The third-order valence-electron chi connectivity index (χ3n) is 5.13. The summed E-state index contributed by atoms with van der Waals surface area (Å²) >= 11 is 0. The van der Waals surface area contributed by atoms with Crippen LogP contribution in [0.25, 0.3) is 17.2 Å². The molecule has 3 heterocycles. The van der Waals surface area contributed by atoms with Gasteiger partial charge in [0, 0.05) is 48.0 Å². The Kier molecular flexibility index (Phi) is 6.75. The summed E-state index contributed by atoms with van der Waals surface area (Å²) in [7, 11) is 0.